The molecule has 1 aliphatic rings. The first-order chi connectivity index (χ1) is 6.77. The Labute approximate surface area is 95.4 Å². The highest BCUT2D eigenvalue weighted by atomic mass is 127. The standard InChI is InChI=1S/C9H11IN2O2/c10-7-5-8(13)12(11-6-7)9-3-1-2-4-14-9/h5-6,9H,1-4H2/t9-/m1/s1. The molecule has 0 amide bonds. The van der Waals surface area contributed by atoms with E-state index in [0.29, 0.717) is 0 Å². The topological polar surface area (TPSA) is 44.1 Å². The molecule has 2 heterocycles. The molecule has 0 spiro atoms. The van der Waals surface area contributed by atoms with Crippen molar-refractivity contribution in [3.05, 3.63) is 26.2 Å². The van der Waals surface area contributed by atoms with Gasteiger partial charge in [0.15, 0.2) is 6.23 Å². The van der Waals surface area contributed by atoms with Crippen molar-refractivity contribution < 1.29 is 4.74 Å². The van der Waals surface area contributed by atoms with Crippen molar-refractivity contribution in [3.63, 3.8) is 0 Å². The zero-order chi connectivity index (χ0) is 9.97. The summed E-state index contributed by atoms with van der Waals surface area (Å²) >= 11 is 2.08. The van der Waals surface area contributed by atoms with Gasteiger partial charge in [-0.2, -0.15) is 5.10 Å². The average molecular weight is 306 g/mol. The van der Waals surface area contributed by atoms with Crippen LogP contribution in [-0.4, -0.2) is 16.4 Å². The van der Waals surface area contributed by atoms with E-state index in [4.69, 9.17) is 4.74 Å². The number of hydrogen-bond acceptors (Lipinski definition) is 3. The zero-order valence-corrected chi connectivity index (χ0v) is 9.81. The van der Waals surface area contributed by atoms with Gasteiger partial charge in [0.1, 0.15) is 0 Å². The highest BCUT2D eigenvalue weighted by molar-refractivity contribution is 14.1. The largest absolute Gasteiger partial charge is 0.356 e. The van der Waals surface area contributed by atoms with E-state index >= 15 is 0 Å². The summed E-state index contributed by atoms with van der Waals surface area (Å²) < 4.78 is 7.78. The Morgan fingerprint density at radius 2 is 2.43 bits per heavy atom. The van der Waals surface area contributed by atoms with Crippen LogP contribution in [0.2, 0.25) is 0 Å². The third-order valence-corrected chi connectivity index (χ3v) is 2.81. The van der Waals surface area contributed by atoms with Gasteiger partial charge in [-0.15, -0.1) is 0 Å². The Morgan fingerprint density at radius 3 is 3.07 bits per heavy atom. The molecule has 1 fully saturated rings. The SMILES string of the molecule is O=c1cc(I)cnn1[C@H]1CCCCO1. The Morgan fingerprint density at radius 1 is 1.57 bits per heavy atom. The van der Waals surface area contributed by atoms with Gasteiger partial charge in [0.05, 0.1) is 6.20 Å². The first-order valence-corrected chi connectivity index (χ1v) is 5.71. The van der Waals surface area contributed by atoms with Crippen molar-refractivity contribution in [2.24, 2.45) is 0 Å². The van der Waals surface area contributed by atoms with Gasteiger partial charge in [-0.3, -0.25) is 4.79 Å². The van der Waals surface area contributed by atoms with E-state index in [2.05, 4.69) is 27.7 Å². The lowest BCUT2D eigenvalue weighted by atomic mass is 10.2. The van der Waals surface area contributed by atoms with Gasteiger partial charge >= 0.3 is 0 Å². The highest BCUT2D eigenvalue weighted by Crippen LogP contribution is 2.19. The minimum absolute atomic E-state index is 0.0798. The molecule has 1 atom stereocenters. The number of halogens is 1. The Balaban J connectivity index is 2.26. The molecular formula is C9H11IN2O2. The average Bonchev–Trinajstić information content (AvgIpc) is 2.19. The Bertz CT molecular complexity index is 371. The molecule has 4 nitrogen and oxygen atoms in total. The second-order valence-corrected chi connectivity index (χ2v) is 4.52. The van der Waals surface area contributed by atoms with Crippen molar-refractivity contribution in [3.8, 4) is 0 Å². The van der Waals surface area contributed by atoms with Crippen LogP contribution in [0.5, 0.6) is 0 Å². The third kappa shape index (κ3) is 2.14. The highest BCUT2D eigenvalue weighted by Gasteiger charge is 2.17. The Kier molecular flexibility index (Phi) is 3.17. The van der Waals surface area contributed by atoms with Crippen LogP contribution in [0.25, 0.3) is 0 Å². The molecule has 76 valence electrons. The van der Waals surface area contributed by atoms with Crippen molar-refractivity contribution in [2.75, 3.05) is 6.61 Å². The molecule has 14 heavy (non-hydrogen) atoms. The van der Waals surface area contributed by atoms with E-state index in [1.807, 2.05) is 0 Å². The van der Waals surface area contributed by atoms with Crippen LogP contribution >= 0.6 is 22.6 Å². The molecule has 1 aromatic heterocycles. The van der Waals surface area contributed by atoms with Crippen LogP contribution in [0, 0.1) is 3.57 Å². The lowest BCUT2D eigenvalue weighted by Gasteiger charge is -2.22. The molecule has 5 heteroatoms. The van der Waals surface area contributed by atoms with E-state index in [1.165, 1.54) is 4.68 Å². The third-order valence-electron chi connectivity index (χ3n) is 2.22. The molecule has 0 aliphatic carbocycles. The van der Waals surface area contributed by atoms with E-state index in [-0.39, 0.29) is 11.8 Å². The van der Waals surface area contributed by atoms with Crippen molar-refractivity contribution in [1.82, 2.24) is 9.78 Å². The summed E-state index contributed by atoms with van der Waals surface area (Å²) in [7, 11) is 0. The molecular weight excluding hydrogens is 295 g/mol. The summed E-state index contributed by atoms with van der Waals surface area (Å²) in [5.41, 5.74) is -0.0798. The number of rotatable bonds is 1. The maximum Gasteiger partial charge on any atom is 0.270 e. The van der Waals surface area contributed by atoms with Gasteiger partial charge < -0.3 is 4.74 Å². The second kappa shape index (κ2) is 4.39. The molecule has 0 unspecified atom stereocenters. The predicted molar refractivity (Wildman–Crippen MR) is 60.1 cm³/mol. The lowest BCUT2D eigenvalue weighted by molar-refractivity contribution is -0.0425. The van der Waals surface area contributed by atoms with Crippen molar-refractivity contribution in [1.29, 1.82) is 0 Å². The number of aromatic nitrogens is 2. The van der Waals surface area contributed by atoms with E-state index in [1.54, 1.807) is 12.3 Å². The first-order valence-electron chi connectivity index (χ1n) is 4.63. The molecule has 0 radical (unpaired) electrons. The van der Waals surface area contributed by atoms with Crippen molar-refractivity contribution >= 4 is 22.6 Å². The van der Waals surface area contributed by atoms with E-state index < -0.39 is 0 Å². The van der Waals surface area contributed by atoms with Gasteiger partial charge in [0.2, 0.25) is 0 Å². The van der Waals surface area contributed by atoms with E-state index in [0.717, 1.165) is 29.4 Å². The van der Waals surface area contributed by atoms with Crippen LogP contribution < -0.4 is 5.56 Å². The molecule has 0 saturated carbocycles. The normalized spacial score (nSPS) is 22.2. The zero-order valence-electron chi connectivity index (χ0n) is 7.65. The second-order valence-electron chi connectivity index (χ2n) is 3.28. The molecule has 1 aliphatic heterocycles. The molecule has 0 bridgehead atoms. The van der Waals surface area contributed by atoms with Gasteiger partial charge in [-0.05, 0) is 41.9 Å². The smallest absolute Gasteiger partial charge is 0.270 e. The Hall–Kier alpha value is -0.430. The first kappa shape index (κ1) is 10.1. The molecule has 0 aromatic carbocycles. The summed E-state index contributed by atoms with van der Waals surface area (Å²) in [5.74, 6) is 0. The van der Waals surface area contributed by atoms with Gasteiger partial charge in [-0.1, -0.05) is 0 Å². The van der Waals surface area contributed by atoms with Gasteiger partial charge in [0.25, 0.3) is 5.56 Å². The summed E-state index contributed by atoms with van der Waals surface area (Å²) in [5, 5.41) is 4.07. The minimum Gasteiger partial charge on any atom is -0.356 e. The van der Waals surface area contributed by atoms with Crippen molar-refractivity contribution in [2.45, 2.75) is 25.5 Å². The monoisotopic (exact) mass is 306 g/mol. The quantitative estimate of drug-likeness (QED) is 0.739. The molecule has 1 aromatic rings. The number of ether oxygens (including phenoxy) is 1. The molecule has 1 saturated heterocycles. The lowest BCUT2D eigenvalue weighted by Crippen LogP contribution is -2.30. The summed E-state index contributed by atoms with van der Waals surface area (Å²) in [4.78, 5) is 11.6. The summed E-state index contributed by atoms with van der Waals surface area (Å²) in [6, 6.07) is 1.57. The van der Waals surface area contributed by atoms with Gasteiger partial charge in [0, 0.05) is 16.2 Å². The molecule has 2 rings (SSSR count). The summed E-state index contributed by atoms with van der Waals surface area (Å²) in [6.07, 6.45) is 4.58. The van der Waals surface area contributed by atoms with Crippen LogP contribution in [0.1, 0.15) is 25.5 Å². The van der Waals surface area contributed by atoms with E-state index in [9.17, 15) is 4.79 Å². The van der Waals surface area contributed by atoms with Crippen LogP contribution in [-0.2, 0) is 4.74 Å². The summed E-state index contributed by atoms with van der Waals surface area (Å²) in [6.45, 7) is 0.727. The van der Waals surface area contributed by atoms with Crippen LogP contribution in [0.3, 0.4) is 0 Å². The number of hydrogen-bond donors (Lipinski definition) is 0. The maximum absolute atomic E-state index is 11.6. The molecule has 0 N–H and O–H groups in total. The van der Waals surface area contributed by atoms with Gasteiger partial charge in [-0.25, -0.2) is 4.68 Å². The minimum atomic E-state index is -0.159. The number of nitrogens with zero attached hydrogens (tertiary/aromatic N) is 2. The fourth-order valence-corrected chi connectivity index (χ4v) is 1.92. The maximum atomic E-state index is 11.6. The fourth-order valence-electron chi connectivity index (χ4n) is 1.53. The fraction of sp³-hybridized carbons (Fsp3) is 0.556. The van der Waals surface area contributed by atoms with Crippen LogP contribution in [0.15, 0.2) is 17.1 Å². The van der Waals surface area contributed by atoms with Crippen LogP contribution in [0.4, 0.5) is 0 Å². The predicted octanol–water partition coefficient (Wildman–Crippen LogP) is 1.55.